The number of hydrogen-bond acceptors (Lipinski definition) is 3. The fraction of sp³-hybridized carbons (Fsp3) is 0.400. The summed E-state index contributed by atoms with van der Waals surface area (Å²) in [5.74, 6) is 0.388. The van der Waals surface area contributed by atoms with E-state index in [0.29, 0.717) is 30.3 Å². The monoisotopic (exact) mass is 273 g/mol. The Morgan fingerprint density at radius 3 is 2.85 bits per heavy atom. The first-order chi connectivity index (χ1) is 9.69. The number of carbonyl (C=O) groups excluding carboxylic acids is 1. The van der Waals surface area contributed by atoms with Crippen LogP contribution in [0.15, 0.2) is 24.4 Å². The van der Waals surface area contributed by atoms with Gasteiger partial charge in [-0.05, 0) is 37.0 Å². The summed E-state index contributed by atoms with van der Waals surface area (Å²) < 4.78 is 0. The van der Waals surface area contributed by atoms with Crippen molar-refractivity contribution in [3.05, 3.63) is 30.0 Å². The average molecular weight is 273 g/mol. The molecule has 106 valence electrons. The van der Waals surface area contributed by atoms with E-state index in [9.17, 15) is 4.79 Å². The molecule has 0 unspecified atom stereocenters. The molecule has 5 nitrogen and oxygen atoms in total. The summed E-state index contributed by atoms with van der Waals surface area (Å²) in [5, 5.41) is 10.1. The van der Waals surface area contributed by atoms with Crippen molar-refractivity contribution in [2.24, 2.45) is 5.92 Å². The van der Waals surface area contributed by atoms with E-state index in [1.54, 1.807) is 6.20 Å². The molecule has 1 fully saturated rings. The number of hydrogen-bond donors (Lipinski definition) is 3. The molecule has 1 saturated heterocycles. The number of aliphatic hydroxyl groups is 1. The number of piperidine rings is 1. The number of carbonyl (C=O) groups is 1. The van der Waals surface area contributed by atoms with Gasteiger partial charge in [-0.1, -0.05) is 0 Å². The van der Waals surface area contributed by atoms with Crippen LogP contribution in [-0.4, -0.2) is 40.6 Å². The molecule has 3 rings (SSSR count). The van der Waals surface area contributed by atoms with Crippen molar-refractivity contribution in [2.45, 2.75) is 12.8 Å². The number of nitrogens with two attached hydrogens (primary N) is 1. The second kappa shape index (κ2) is 5.17. The lowest BCUT2D eigenvalue weighted by atomic mass is 9.97. The van der Waals surface area contributed by atoms with Crippen LogP contribution in [-0.2, 0) is 0 Å². The minimum Gasteiger partial charge on any atom is -0.399 e. The summed E-state index contributed by atoms with van der Waals surface area (Å²) in [6.45, 7) is 1.64. The molecule has 2 aromatic rings. The van der Waals surface area contributed by atoms with E-state index in [-0.39, 0.29) is 12.5 Å². The largest absolute Gasteiger partial charge is 0.399 e. The van der Waals surface area contributed by atoms with Crippen LogP contribution in [0.3, 0.4) is 0 Å². The molecule has 0 aliphatic carbocycles. The number of aromatic nitrogens is 1. The molecule has 5 heteroatoms. The van der Waals surface area contributed by atoms with Gasteiger partial charge in [0, 0.05) is 42.5 Å². The molecule has 20 heavy (non-hydrogen) atoms. The Balaban J connectivity index is 1.82. The normalized spacial score (nSPS) is 16.8. The Bertz CT molecular complexity index is 627. The quantitative estimate of drug-likeness (QED) is 0.727. The van der Waals surface area contributed by atoms with Crippen molar-refractivity contribution in [1.82, 2.24) is 9.88 Å². The van der Waals surface area contributed by atoms with Crippen LogP contribution in [0.1, 0.15) is 23.2 Å². The van der Waals surface area contributed by atoms with Gasteiger partial charge in [0.1, 0.15) is 0 Å². The predicted molar refractivity (Wildman–Crippen MR) is 78.4 cm³/mol. The number of rotatable bonds is 2. The molecule has 1 amide bonds. The number of aromatic amines is 1. The van der Waals surface area contributed by atoms with Crippen molar-refractivity contribution in [1.29, 1.82) is 0 Å². The number of nitrogens with zero attached hydrogens (tertiary/aromatic N) is 1. The Morgan fingerprint density at radius 2 is 2.15 bits per heavy atom. The third-order valence-electron chi connectivity index (χ3n) is 4.10. The fourth-order valence-corrected chi connectivity index (χ4v) is 2.81. The summed E-state index contributed by atoms with van der Waals surface area (Å²) in [5.41, 5.74) is 8.01. The molecule has 0 saturated carbocycles. The highest BCUT2D eigenvalue weighted by Crippen LogP contribution is 2.24. The highest BCUT2D eigenvalue weighted by Gasteiger charge is 2.24. The molecule has 0 bridgehead atoms. The van der Waals surface area contributed by atoms with E-state index in [2.05, 4.69) is 4.98 Å². The molecular weight excluding hydrogens is 254 g/mol. The summed E-state index contributed by atoms with van der Waals surface area (Å²) in [7, 11) is 0. The van der Waals surface area contributed by atoms with Gasteiger partial charge in [-0.15, -0.1) is 0 Å². The number of nitrogens with one attached hydrogen (secondary N) is 1. The van der Waals surface area contributed by atoms with E-state index in [1.807, 2.05) is 23.1 Å². The molecule has 1 aromatic carbocycles. The zero-order valence-electron chi connectivity index (χ0n) is 11.3. The Hall–Kier alpha value is -2.01. The van der Waals surface area contributed by atoms with Crippen molar-refractivity contribution < 1.29 is 9.90 Å². The lowest BCUT2D eigenvalue weighted by Gasteiger charge is -2.31. The van der Waals surface area contributed by atoms with Gasteiger partial charge in [0.15, 0.2) is 0 Å². The molecule has 0 atom stereocenters. The Morgan fingerprint density at radius 1 is 1.40 bits per heavy atom. The summed E-state index contributed by atoms with van der Waals surface area (Å²) in [6.07, 6.45) is 3.50. The minimum absolute atomic E-state index is 0.0532. The standard InChI is InChI=1S/C15H19N3O2/c16-11-1-2-12-13(8-17-14(12)7-11)15(20)18-5-3-10(9-19)4-6-18/h1-2,7-8,10,17,19H,3-6,9,16H2. The molecule has 4 N–H and O–H groups in total. The Kier molecular flexibility index (Phi) is 3.36. The van der Waals surface area contributed by atoms with Crippen molar-refractivity contribution in [3.8, 4) is 0 Å². The van der Waals surface area contributed by atoms with Gasteiger partial charge in [0.2, 0.25) is 0 Å². The van der Waals surface area contributed by atoms with Gasteiger partial charge >= 0.3 is 0 Å². The van der Waals surface area contributed by atoms with E-state index in [4.69, 9.17) is 10.8 Å². The van der Waals surface area contributed by atoms with E-state index < -0.39 is 0 Å². The summed E-state index contributed by atoms with van der Waals surface area (Å²) in [6, 6.07) is 5.53. The molecule has 0 radical (unpaired) electrons. The van der Waals surface area contributed by atoms with Gasteiger partial charge in [-0.25, -0.2) is 0 Å². The smallest absolute Gasteiger partial charge is 0.256 e. The third-order valence-corrected chi connectivity index (χ3v) is 4.10. The van der Waals surface area contributed by atoms with Crippen LogP contribution < -0.4 is 5.73 Å². The van der Waals surface area contributed by atoms with Crippen LogP contribution in [0.25, 0.3) is 10.9 Å². The van der Waals surface area contributed by atoms with Gasteiger partial charge in [-0.2, -0.15) is 0 Å². The summed E-state index contributed by atoms with van der Waals surface area (Å²) in [4.78, 5) is 17.5. The van der Waals surface area contributed by atoms with Gasteiger partial charge in [-0.3, -0.25) is 4.79 Å². The van der Waals surface area contributed by atoms with Crippen LogP contribution in [0, 0.1) is 5.92 Å². The Labute approximate surface area is 117 Å². The highest BCUT2D eigenvalue weighted by atomic mass is 16.3. The lowest BCUT2D eigenvalue weighted by Crippen LogP contribution is -2.39. The molecule has 0 spiro atoms. The third kappa shape index (κ3) is 2.25. The predicted octanol–water partition coefficient (Wildman–Crippen LogP) is 1.59. The van der Waals surface area contributed by atoms with Gasteiger partial charge in [0.05, 0.1) is 5.56 Å². The van der Waals surface area contributed by atoms with Crippen LogP contribution >= 0.6 is 0 Å². The van der Waals surface area contributed by atoms with Gasteiger partial charge < -0.3 is 20.7 Å². The zero-order chi connectivity index (χ0) is 14.1. The first kappa shape index (κ1) is 13.0. The van der Waals surface area contributed by atoms with Crippen molar-refractivity contribution in [3.63, 3.8) is 0 Å². The van der Waals surface area contributed by atoms with Crippen LogP contribution in [0.4, 0.5) is 5.69 Å². The number of benzene rings is 1. The van der Waals surface area contributed by atoms with E-state index >= 15 is 0 Å². The highest BCUT2D eigenvalue weighted by molar-refractivity contribution is 6.07. The number of likely N-dealkylation sites (tertiary alicyclic amines) is 1. The number of H-pyrrole nitrogens is 1. The topological polar surface area (TPSA) is 82.3 Å². The molecule has 1 aliphatic rings. The zero-order valence-corrected chi connectivity index (χ0v) is 11.3. The first-order valence-corrected chi connectivity index (χ1v) is 6.96. The fourth-order valence-electron chi connectivity index (χ4n) is 2.81. The lowest BCUT2D eigenvalue weighted by molar-refractivity contribution is 0.0653. The molecule has 1 aromatic heterocycles. The minimum atomic E-state index is 0.0532. The first-order valence-electron chi connectivity index (χ1n) is 6.96. The number of aliphatic hydroxyl groups excluding tert-OH is 1. The number of anilines is 1. The average Bonchev–Trinajstić information content (AvgIpc) is 2.89. The number of nitrogen functional groups attached to an aromatic ring is 1. The maximum Gasteiger partial charge on any atom is 0.256 e. The van der Waals surface area contributed by atoms with Crippen molar-refractivity contribution in [2.75, 3.05) is 25.4 Å². The SMILES string of the molecule is Nc1ccc2c(C(=O)N3CCC(CO)CC3)c[nH]c2c1. The van der Waals surface area contributed by atoms with Gasteiger partial charge in [0.25, 0.3) is 5.91 Å². The summed E-state index contributed by atoms with van der Waals surface area (Å²) >= 11 is 0. The maximum absolute atomic E-state index is 12.6. The second-order valence-corrected chi connectivity index (χ2v) is 5.43. The number of fused-ring (bicyclic) bond motifs is 1. The molecule has 1 aliphatic heterocycles. The number of amides is 1. The van der Waals surface area contributed by atoms with Crippen LogP contribution in [0.5, 0.6) is 0 Å². The second-order valence-electron chi connectivity index (χ2n) is 5.43. The van der Waals surface area contributed by atoms with E-state index in [1.165, 1.54) is 0 Å². The van der Waals surface area contributed by atoms with Crippen molar-refractivity contribution >= 4 is 22.5 Å². The molecule has 2 heterocycles. The van der Waals surface area contributed by atoms with Crippen LogP contribution in [0.2, 0.25) is 0 Å². The molecular formula is C15H19N3O2. The van der Waals surface area contributed by atoms with E-state index in [0.717, 1.165) is 23.7 Å². The maximum atomic E-state index is 12.6.